The Labute approximate surface area is 448 Å². The van der Waals surface area contributed by atoms with Gasteiger partial charge in [-0.05, 0) is 128 Å². The molecule has 0 heterocycles. The molecule has 0 rings (SSSR count). The Morgan fingerprint density at radius 3 is 0.849 bits per heavy atom. The molecule has 73 heavy (non-hydrogen) atoms. The van der Waals surface area contributed by atoms with Gasteiger partial charge in [0.2, 0.25) is 0 Å². The van der Waals surface area contributed by atoms with Crippen molar-refractivity contribution in [1.82, 2.24) is 0 Å². The van der Waals surface area contributed by atoms with Gasteiger partial charge in [-0.2, -0.15) is 0 Å². The first kappa shape index (κ1) is 68.0. The molecule has 0 spiro atoms. The lowest BCUT2D eigenvalue weighted by molar-refractivity contribution is -0.167. The Balaban J connectivity index is 4.21. The summed E-state index contributed by atoms with van der Waals surface area (Å²) >= 11 is 0. The quantitative estimate of drug-likeness (QED) is 0.0261. The van der Waals surface area contributed by atoms with Gasteiger partial charge >= 0.3 is 17.9 Å². The number of carbonyl (C=O) groups is 3. The molecule has 0 aliphatic heterocycles. The molecule has 1 unspecified atom stereocenters. The Hall–Kier alpha value is -4.97. The van der Waals surface area contributed by atoms with E-state index in [0.717, 1.165) is 161 Å². The van der Waals surface area contributed by atoms with Crippen LogP contribution in [0.4, 0.5) is 0 Å². The lowest BCUT2D eigenvalue weighted by atomic mass is 10.1. The minimum absolute atomic E-state index is 0.103. The maximum Gasteiger partial charge on any atom is 0.306 e. The van der Waals surface area contributed by atoms with E-state index in [1.165, 1.54) is 25.7 Å². The van der Waals surface area contributed by atoms with Crippen LogP contribution in [0.3, 0.4) is 0 Å². The van der Waals surface area contributed by atoms with Gasteiger partial charge in [-0.25, -0.2) is 0 Å². The van der Waals surface area contributed by atoms with E-state index in [9.17, 15) is 14.4 Å². The van der Waals surface area contributed by atoms with Gasteiger partial charge in [0, 0.05) is 19.3 Å². The summed E-state index contributed by atoms with van der Waals surface area (Å²) in [6.45, 7) is 6.29. The molecule has 0 aromatic rings. The fourth-order valence-electron chi connectivity index (χ4n) is 7.25. The molecule has 0 radical (unpaired) electrons. The number of rotatable bonds is 50. The standard InChI is InChI=1S/C67H104O6/c1-4-7-10-13-16-18-20-22-23-24-25-26-27-28-29-30-31-32-33-34-35-36-37-38-39-40-41-42-43-45-46-48-51-54-57-60-66(69)72-63-64(62-71-65(68)59-56-53-50-15-12-9-6-3)73-67(70)61-58-55-52-49-47-44-21-19-17-14-11-8-5-2/h7-8,10-11,16-19,22-23,25-26,28-29,31-32,34-35,37-38,40-41,43-45,47,64H,4-6,9,12-15,20-21,24,27,30,33,36,39,42,46,48-63H2,1-3H3/b10-7-,11-8-,18-16-,19-17-,23-22-,26-25-,29-28-,32-31-,35-34-,38-37-,41-40-,45-43-,47-44-. The topological polar surface area (TPSA) is 78.9 Å². The molecular formula is C67H104O6. The van der Waals surface area contributed by atoms with Crippen molar-refractivity contribution >= 4 is 17.9 Å². The highest BCUT2D eigenvalue weighted by molar-refractivity contribution is 5.71. The molecule has 0 aromatic carbocycles. The summed E-state index contributed by atoms with van der Waals surface area (Å²) in [5.41, 5.74) is 0. The normalized spacial score (nSPS) is 13.3. The van der Waals surface area contributed by atoms with E-state index in [4.69, 9.17) is 14.2 Å². The van der Waals surface area contributed by atoms with Crippen LogP contribution in [0.5, 0.6) is 0 Å². The number of carbonyl (C=O) groups excluding carboxylic acids is 3. The summed E-state index contributed by atoms with van der Waals surface area (Å²) < 4.78 is 16.7. The summed E-state index contributed by atoms with van der Waals surface area (Å²) in [4.78, 5) is 37.8. The zero-order valence-corrected chi connectivity index (χ0v) is 46.6. The monoisotopic (exact) mass is 1000 g/mol. The largest absolute Gasteiger partial charge is 0.462 e. The first-order valence-corrected chi connectivity index (χ1v) is 29.0. The van der Waals surface area contributed by atoms with E-state index >= 15 is 0 Å². The molecule has 0 saturated carbocycles. The van der Waals surface area contributed by atoms with Crippen LogP contribution in [0, 0.1) is 0 Å². The smallest absolute Gasteiger partial charge is 0.306 e. The van der Waals surface area contributed by atoms with Crippen LogP contribution in [0.1, 0.15) is 226 Å². The molecule has 0 amide bonds. The number of hydrogen-bond acceptors (Lipinski definition) is 6. The van der Waals surface area contributed by atoms with Crippen LogP contribution in [0.2, 0.25) is 0 Å². The highest BCUT2D eigenvalue weighted by Gasteiger charge is 2.19. The van der Waals surface area contributed by atoms with Gasteiger partial charge < -0.3 is 14.2 Å². The Morgan fingerprint density at radius 1 is 0.288 bits per heavy atom. The zero-order valence-electron chi connectivity index (χ0n) is 46.6. The molecule has 0 aliphatic carbocycles. The van der Waals surface area contributed by atoms with Crippen molar-refractivity contribution in [3.63, 3.8) is 0 Å². The molecule has 0 saturated heterocycles. The van der Waals surface area contributed by atoms with Gasteiger partial charge in [-0.15, -0.1) is 0 Å². The van der Waals surface area contributed by atoms with Crippen molar-refractivity contribution < 1.29 is 28.6 Å². The average molecular weight is 1010 g/mol. The minimum Gasteiger partial charge on any atom is -0.462 e. The van der Waals surface area contributed by atoms with Gasteiger partial charge in [0.15, 0.2) is 6.10 Å². The third-order valence-electron chi connectivity index (χ3n) is 11.5. The van der Waals surface area contributed by atoms with Crippen LogP contribution in [-0.4, -0.2) is 37.2 Å². The lowest BCUT2D eigenvalue weighted by Crippen LogP contribution is -2.30. The third-order valence-corrected chi connectivity index (χ3v) is 11.5. The predicted octanol–water partition coefficient (Wildman–Crippen LogP) is 19.8. The van der Waals surface area contributed by atoms with E-state index in [-0.39, 0.29) is 37.5 Å². The highest BCUT2D eigenvalue weighted by atomic mass is 16.6. The van der Waals surface area contributed by atoms with Crippen LogP contribution in [0.15, 0.2) is 158 Å². The van der Waals surface area contributed by atoms with Crippen molar-refractivity contribution in [3.05, 3.63) is 158 Å². The molecular weight excluding hydrogens is 901 g/mol. The van der Waals surface area contributed by atoms with E-state index in [1.807, 2.05) is 0 Å². The summed E-state index contributed by atoms with van der Waals surface area (Å²) in [6, 6.07) is 0. The Bertz CT molecular complexity index is 1670. The number of esters is 3. The van der Waals surface area contributed by atoms with Gasteiger partial charge in [0.25, 0.3) is 0 Å². The molecule has 408 valence electrons. The summed E-state index contributed by atoms with van der Waals surface area (Å²) in [7, 11) is 0. The SMILES string of the molecule is CC/C=C\C/C=C\C/C=C\C/C=C\C/C=C\C/C=C\C/C=C\C/C=C\C/C=C\C/C=C\CCCCCCC(=O)OCC(COC(=O)CCCCCCCCC)OC(=O)CCCCC/C=C\C/C=C\C/C=C\CC. The van der Waals surface area contributed by atoms with Crippen LogP contribution < -0.4 is 0 Å². The maximum atomic E-state index is 12.7. The van der Waals surface area contributed by atoms with E-state index < -0.39 is 6.10 Å². The Morgan fingerprint density at radius 2 is 0.534 bits per heavy atom. The fourth-order valence-corrected chi connectivity index (χ4v) is 7.25. The number of hydrogen-bond donors (Lipinski definition) is 0. The molecule has 6 nitrogen and oxygen atoms in total. The number of allylic oxidation sites excluding steroid dienone is 26. The molecule has 0 bridgehead atoms. The van der Waals surface area contributed by atoms with Crippen molar-refractivity contribution in [2.75, 3.05) is 13.2 Å². The number of ether oxygens (including phenoxy) is 3. The molecule has 0 N–H and O–H groups in total. The summed E-state index contributed by atoms with van der Waals surface area (Å²) in [5, 5.41) is 0. The first-order valence-electron chi connectivity index (χ1n) is 29.0. The second-order valence-corrected chi connectivity index (χ2v) is 18.4. The second-order valence-electron chi connectivity index (χ2n) is 18.4. The van der Waals surface area contributed by atoms with Gasteiger partial charge in [0.05, 0.1) is 0 Å². The van der Waals surface area contributed by atoms with Gasteiger partial charge in [0.1, 0.15) is 13.2 Å². The van der Waals surface area contributed by atoms with Gasteiger partial charge in [-0.3, -0.25) is 14.4 Å². The average Bonchev–Trinajstić information content (AvgIpc) is 3.39. The van der Waals surface area contributed by atoms with Crippen LogP contribution in [0.25, 0.3) is 0 Å². The van der Waals surface area contributed by atoms with Crippen molar-refractivity contribution in [2.45, 2.75) is 232 Å². The third kappa shape index (κ3) is 57.8. The predicted molar refractivity (Wildman–Crippen MR) is 315 cm³/mol. The van der Waals surface area contributed by atoms with E-state index in [2.05, 4.69) is 179 Å². The van der Waals surface area contributed by atoms with Gasteiger partial charge in [-0.1, -0.05) is 237 Å². The molecule has 6 heteroatoms. The lowest BCUT2D eigenvalue weighted by Gasteiger charge is -2.18. The van der Waals surface area contributed by atoms with Crippen molar-refractivity contribution in [2.24, 2.45) is 0 Å². The van der Waals surface area contributed by atoms with Crippen LogP contribution in [-0.2, 0) is 28.6 Å². The minimum atomic E-state index is -0.806. The first-order chi connectivity index (χ1) is 36.0. The van der Waals surface area contributed by atoms with Crippen molar-refractivity contribution in [3.8, 4) is 0 Å². The summed E-state index contributed by atoms with van der Waals surface area (Å²) in [5.74, 6) is -0.977. The van der Waals surface area contributed by atoms with E-state index in [0.29, 0.717) is 12.8 Å². The molecule has 0 aliphatic rings. The molecule has 0 aromatic heterocycles. The highest BCUT2D eigenvalue weighted by Crippen LogP contribution is 2.12. The molecule has 1 atom stereocenters. The maximum absolute atomic E-state index is 12.7. The fraction of sp³-hybridized carbons (Fsp3) is 0.567. The number of unbranched alkanes of at least 4 members (excludes halogenated alkanes) is 13. The second kappa shape index (κ2) is 59.6. The summed E-state index contributed by atoms with van der Waals surface area (Å²) in [6.07, 6.45) is 87.0. The molecule has 0 fully saturated rings. The zero-order chi connectivity index (χ0) is 52.9. The Kier molecular flexibility index (Phi) is 55.5. The van der Waals surface area contributed by atoms with Crippen LogP contribution >= 0.6 is 0 Å². The van der Waals surface area contributed by atoms with Crippen molar-refractivity contribution in [1.29, 1.82) is 0 Å². The van der Waals surface area contributed by atoms with E-state index in [1.54, 1.807) is 0 Å².